The highest BCUT2D eigenvalue weighted by atomic mass is 35.5. The molecule has 0 fully saturated rings. The molecule has 6 nitrogen and oxygen atoms in total. The number of rotatable bonds is 2. The molecule has 0 aliphatic carbocycles. The molecule has 15 heavy (non-hydrogen) atoms. The van der Waals surface area contributed by atoms with E-state index in [1.165, 1.54) is 4.57 Å². The molecule has 1 aromatic rings. The average Bonchev–Trinajstić information content (AvgIpc) is 2.16. The van der Waals surface area contributed by atoms with Gasteiger partial charge in [0, 0.05) is 13.1 Å². The third-order valence-electron chi connectivity index (χ3n) is 2.14. The van der Waals surface area contributed by atoms with Gasteiger partial charge in [0.15, 0.2) is 0 Å². The van der Waals surface area contributed by atoms with E-state index in [9.17, 15) is 9.59 Å². The van der Waals surface area contributed by atoms with Gasteiger partial charge in [0.05, 0.1) is 0 Å². The van der Waals surface area contributed by atoms with Crippen LogP contribution in [0.25, 0.3) is 0 Å². The quantitative estimate of drug-likeness (QED) is 0.730. The van der Waals surface area contributed by atoms with Crippen molar-refractivity contribution in [3.8, 4) is 0 Å². The van der Waals surface area contributed by atoms with E-state index in [1.54, 1.807) is 13.8 Å². The lowest BCUT2D eigenvalue weighted by molar-refractivity contribution is 0.597. The van der Waals surface area contributed by atoms with Crippen LogP contribution in [0.3, 0.4) is 0 Å². The second-order valence-corrected chi connectivity index (χ2v) is 2.88. The summed E-state index contributed by atoms with van der Waals surface area (Å²) in [7, 11) is 0. The van der Waals surface area contributed by atoms with Gasteiger partial charge >= 0.3 is 5.69 Å². The number of halogens is 1. The van der Waals surface area contributed by atoms with Gasteiger partial charge in [-0.2, -0.15) is 0 Å². The van der Waals surface area contributed by atoms with Gasteiger partial charge in [-0.1, -0.05) is 0 Å². The highest BCUT2D eigenvalue weighted by Gasteiger charge is 2.11. The normalized spacial score (nSPS) is 9.73. The van der Waals surface area contributed by atoms with Gasteiger partial charge in [0.2, 0.25) is 0 Å². The Morgan fingerprint density at radius 2 is 1.53 bits per heavy atom. The molecule has 0 aliphatic heterocycles. The van der Waals surface area contributed by atoms with E-state index < -0.39 is 11.2 Å². The summed E-state index contributed by atoms with van der Waals surface area (Å²) in [5.74, 6) is 0.0483. The van der Waals surface area contributed by atoms with Crippen molar-refractivity contribution in [2.45, 2.75) is 26.9 Å². The number of anilines is 2. The van der Waals surface area contributed by atoms with Gasteiger partial charge in [-0.05, 0) is 13.8 Å². The molecule has 1 heterocycles. The fraction of sp³-hybridized carbons (Fsp3) is 0.500. The number of aromatic nitrogens is 2. The average molecular weight is 235 g/mol. The molecule has 7 heteroatoms. The van der Waals surface area contributed by atoms with Gasteiger partial charge in [-0.3, -0.25) is 13.9 Å². The second-order valence-electron chi connectivity index (χ2n) is 2.88. The Kier molecular flexibility index (Phi) is 4.41. The number of nitrogen functional groups attached to an aromatic ring is 2. The van der Waals surface area contributed by atoms with Gasteiger partial charge < -0.3 is 11.5 Å². The first-order valence-corrected chi connectivity index (χ1v) is 4.43. The van der Waals surface area contributed by atoms with E-state index in [1.807, 2.05) is 0 Å². The van der Waals surface area contributed by atoms with Crippen molar-refractivity contribution >= 4 is 23.9 Å². The van der Waals surface area contributed by atoms with E-state index in [-0.39, 0.29) is 23.9 Å². The Morgan fingerprint density at radius 1 is 1.07 bits per heavy atom. The van der Waals surface area contributed by atoms with Crippen LogP contribution in [0.4, 0.5) is 11.5 Å². The summed E-state index contributed by atoms with van der Waals surface area (Å²) in [5.41, 5.74) is 10.0. The van der Waals surface area contributed by atoms with Crippen LogP contribution in [0.1, 0.15) is 13.8 Å². The van der Waals surface area contributed by atoms with Crippen LogP contribution in [0.5, 0.6) is 0 Å². The van der Waals surface area contributed by atoms with E-state index in [0.29, 0.717) is 13.1 Å². The topological polar surface area (TPSA) is 96.0 Å². The number of hydrogen-bond acceptors (Lipinski definition) is 4. The molecule has 0 bridgehead atoms. The Balaban J connectivity index is 0.00000196. The molecule has 0 atom stereocenters. The summed E-state index contributed by atoms with van der Waals surface area (Å²) in [4.78, 5) is 23.1. The summed E-state index contributed by atoms with van der Waals surface area (Å²) in [6.45, 7) is 4.16. The lowest BCUT2D eigenvalue weighted by Crippen LogP contribution is -2.41. The molecule has 0 amide bonds. The maximum atomic E-state index is 11.6. The van der Waals surface area contributed by atoms with Crippen LogP contribution < -0.4 is 22.7 Å². The van der Waals surface area contributed by atoms with E-state index in [0.717, 1.165) is 4.57 Å². The molecule has 0 radical (unpaired) electrons. The van der Waals surface area contributed by atoms with Crippen molar-refractivity contribution in [3.63, 3.8) is 0 Å². The molecule has 0 saturated carbocycles. The van der Waals surface area contributed by atoms with Crippen LogP contribution >= 0.6 is 12.4 Å². The number of nitrogens with two attached hydrogens (primary N) is 2. The number of hydrogen-bond donors (Lipinski definition) is 2. The van der Waals surface area contributed by atoms with Crippen LogP contribution in [0.15, 0.2) is 9.59 Å². The Labute approximate surface area is 92.9 Å². The smallest absolute Gasteiger partial charge is 0.332 e. The zero-order valence-corrected chi connectivity index (χ0v) is 9.50. The summed E-state index contributed by atoms with van der Waals surface area (Å²) in [6, 6.07) is 0. The molecule has 0 aliphatic rings. The minimum Gasteiger partial charge on any atom is -0.391 e. The third-order valence-corrected chi connectivity index (χ3v) is 2.14. The maximum Gasteiger partial charge on any atom is 0.332 e. The molecule has 0 spiro atoms. The molecule has 1 rings (SSSR count). The van der Waals surface area contributed by atoms with Crippen LogP contribution in [0.2, 0.25) is 0 Å². The minimum absolute atomic E-state index is 0. The van der Waals surface area contributed by atoms with Crippen molar-refractivity contribution in [1.29, 1.82) is 0 Å². The predicted molar refractivity (Wildman–Crippen MR) is 62.4 cm³/mol. The largest absolute Gasteiger partial charge is 0.391 e. The molecule has 86 valence electrons. The van der Waals surface area contributed by atoms with Crippen LogP contribution in [-0.4, -0.2) is 9.13 Å². The molecule has 0 aromatic carbocycles. The van der Waals surface area contributed by atoms with Gasteiger partial charge in [-0.25, -0.2) is 4.79 Å². The SMILES string of the molecule is CCn1c(N)c(N)c(=O)n(CC)c1=O.Cl. The Morgan fingerprint density at radius 3 is 1.93 bits per heavy atom. The summed E-state index contributed by atoms with van der Waals surface area (Å²) in [6.07, 6.45) is 0. The summed E-state index contributed by atoms with van der Waals surface area (Å²) in [5, 5.41) is 0. The van der Waals surface area contributed by atoms with Crippen molar-refractivity contribution < 1.29 is 0 Å². The lowest BCUT2D eigenvalue weighted by Gasteiger charge is -2.11. The van der Waals surface area contributed by atoms with Gasteiger partial charge in [-0.15, -0.1) is 12.4 Å². The molecular weight excluding hydrogens is 220 g/mol. The zero-order valence-electron chi connectivity index (χ0n) is 8.69. The molecular formula is C8H15ClN4O2. The summed E-state index contributed by atoms with van der Waals surface area (Å²) < 4.78 is 2.34. The third kappa shape index (κ3) is 1.99. The first-order chi connectivity index (χ1) is 6.54. The zero-order chi connectivity index (χ0) is 10.9. The predicted octanol–water partition coefficient (Wildman–Crippen LogP) is -0.364. The van der Waals surface area contributed by atoms with Gasteiger partial charge in [0.1, 0.15) is 11.5 Å². The van der Waals surface area contributed by atoms with Crippen LogP contribution in [-0.2, 0) is 13.1 Å². The lowest BCUT2D eigenvalue weighted by atomic mass is 10.4. The molecule has 1 aromatic heterocycles. The first-order valence-electron chi connectivity index (χ1n) is 4.43. The van der Waals surface area contributed by atoms with Crippen LogP contribution in [0, 0.1) is 0 Å². The highest BCUT2D eigenvalue weighted by Crippen LogP contribution is 2.04. The molecule has 0 saturated heterocycles. The van der Waals surface area contributed by atoms with Gasteiger partial charge in [0.25, 0.3) is 5.56 Å². The van der Waals surface area contributed by atoms with Crippen molar-refractivity contribution in [3.05, 3.63) is 20.8 Å². The fourth-order valence-corrected chi connectivity index (χ4v) is 1.32. The van der Waals surface area contributed by atoms with Crippen molar-refractivity contribution in [2.24, 2.45) is 0 Å². The number of nitrogens with zero attached hydrogens (tertiary/aromatic N) is 2. The van der Waals surface area contributed by atoms with E-state index in [4.69, 9.17) is 11.5 Å². The summed E-state index contributed by atoms with van der Waals surface area (Å²) >= 11 is 0. The van der Waals surface area contributed by atoms with Crippen molar-refractivity contribution in [1.82, 2.24) is 9.13 Å². The molecule has 4 N–H and O–H groups in total. The Bertz CT molecular complexity index is 463. The standard InChI is InChI=1S/C8H14N4O2.ClH/c1-3-11-6(10)5(9)7(13)12(4-2)8(11)14;/h3-4,9-10H2,1-2H3;1H. The second kappa shape index (κ2) is 4.88. The van der Waals surface area contributed by atoms with E-state index in [2.05, 4.69) is 0 Å². The molecule has 0 unspecified atom stereocenters. The minimum atomic E-state index is -0.514. The highest BCUT2D eigenvalue weighted by molar-refractivity contribution is 5.85. The monoisotopic (exact) mass is 234 g/mol. The maximum absolute atomic E-state index is 11.6. The van der Waals surface area contributed by atoms with E-state index >= 15 is 0 Å². The Hall–Kier alpha value is -1.43. The first kappa shape index (κ1) is 13.6. The fourth-order valence-electron chi connectivity index (χ4n) is 1.32. The van der Waals surface area contributed by atoms with Crippen molar-refractivity contribution in [2.75, 3.05) is 11.5 Å².